The van der Waals surface area contributed by atoms with Crippen molar-refractivity contribution in [3.63, 3.8) is 0 Å². The Hall–Kier alpha value is -1.51. The van der Waals surface area contributed by atoms with Gasteiger partial charge in [0.05, 0.1) is 13.0 Å². The number of benzene rings is 1. The number of ether oxygens (including phenoxy) is 1. The van der Waals surface area contributed by atoms with Crippen LogP contribution in [0.5, 0.6) is 0 Å². The van der Waals surface area contributed by atoms with Crippen LogP contribution in [0.4, 0.5) is 5.69 Å². The number of carbonyl (C=O) groups is 1. The minimum absolute atomic E-state index is 0.0180. The second kappa shape index (κ2) is 5.42. The number of rotatable bonds is 2. The average Bonchev–Trinajstić information content (AvgIpc) is 2.38. The van der Waals surface area contributed by atoms with Crippen molar-refractivity contribution in [1.29, 1.82) is 0 Å². The second-order valence-electron chi connectivity index (χ2n) is 5.10. The van der Waals surface area contributed by atoms with Crippen molar-refractivity contribution in [1.82, 2.24) is 0 Å². The van der Waals surface area contributed by atoms with Crippen LogP contribution in [0.15, 0.2) is 18.2 Å². The summed E-state index contributed by atoms with van der Waals surface area (Å²) in [4.78, 5) is 13.9. The Morgan fingerprint density at radius 3 is 2.83 bits per heavy atom. The molecular weight excluding hydrogens is 226 g/mol. The van der Waals surface area contributed by atoms with Crippen molar-refractivity contribution in [3.8, 4) is 0 Å². The number of esters is 1. The first-order chi connectivity index (χ1) is 8.61. The van der Waals surface area contributed by atoms with Crippen LogP contribution < -0.4 is 4.90 Å². The average molecular weight is 247 g/mol. The summed E-state index contributed by atoms with van der Waals surface area (Å²) in [5.41, 5.74) is 3.80. The molecule has 0 saturated carbocycles. The third-order valence-corrected chi connectivity index (χ3v) is 3.65. The van der Waals surface area contributed by atoms with E-state index in [9.17, 15) is 4.79 Å². The molecule has 0 bridgehead atoms. The van der Waals surface area contributed by atoms with Gasteiger partial charge in [-0.25, -0.2) is 0 Å². The molecule has 18 heavy (non-hydrogen) atoms. The zero-order valence-electron chi connectivity index (χ0n) is 11.4. The molecule has 2 rings (SSSR count). The van der Waals surface area contributed by atoms with Crippen LogP contribution in [0, 0.1) is 19.8 Å². The van der Waals surface area contributed by atoms with E-state index in [1.54, 1.807) is 0 Å². The fourth-order valence-corrected chi connectivity index (χ4v) is 2.72. The van der Waals surface area contributed by atoms with Gasteiger partial charge in [0, 0.05) is 18.8 Å². The molecule has 3 heteroatoms. The molecule has 0 aliphatic carbocycles. The highest BCUT2D eigenvalue weighted by atomic mass is 16.5. The highest BCUT2D eigenvalue weighted by molar-refractivity contribution is 5.73. The van der Waals surface area contributed by atoms with E-state index in [1.807, 2.05) is 0 Å². The van der Waals surface area contributed by atoms with Crippen LogP contribution in [0.1, 0.15) is 24.0 Å². The normalized spacial score (nSPS) is 19.7. The number of methoxy groups -OCH3 is 1. The van der Waals surface area contributed by atoms with E-state index in [1.165, 1.54) is 23.9 Å². The SMILES string of the molecule is COC(=O)C1CCCN(c2ccc(C)cc2C)C1. The van der Waals surface area contributed by atoms with Gasteiger partial charge in [0.15, 0.2) is 0 Å². The topological polar surface area (TPSA) is 29.5 Å². The molecule has 1 aromatic rings. The Kier molecular flexibility index (Phi) is 3.90. The molecule has 98 valence electrons. The van der Waals surface area contributed by atoms with Crippen LogP contribution >= 0.6 is 0 Å². The molecule has 3 nitrogen and oxygen atoms in total. The molecule has 1 fully saturated rings. The van der Waals surface area contributed by atoms with Crippen molar-refractivity contribution >= 4 is 11.7 Å². The number of nitrogens with zero attached hydrogens (tertiary/aromatic N) is 1. The maximum Gasteiger partial charge on any atom is 0.310 e. The van der Waals surface area contributed by atoms with E-state index in [2.05, 4.69) is 36.9 Å². The molecule has 1 heterocycles. The lowest BCUT2D eigenvalue weighted by atomic mass is 9.97. The van der Waals surface area contributed by atoms with Gasteiger partial charge >= 0.3 is 5.97 Å². The summed E-state index contributed by atoms with van der Waals surface area (Å²) < 4.78 is 4.86. The maximum atomic E-state index is 11.6. The Balaban J connectivity index is 2.15. The highest BCUT2D eigenvalue weighted by Crippen LogP contribution is 2.27. The Morgan fingerprint density at radius 2 is 2.17 bits per heavy atom. The molecule has 0 aromatic heterocycles. The molecule has 1 saturated heterocycles. The summed E-state index contributed by atoms with van der Waals surface area (Å²) in [5.74, 6) is -0.0612. The van der Waals surface area contributed by atoms with Gasteiger partial charge in [0.25, 0.3) is 0 Å². The molecule has 1 aromatic carbocycles. The van der Waals surface area contributed by atoms with Gasteiger partial charge < -0.3 is 9.64 Å². The van der Waals surface area contributed by atoms with Crippen molar-refractivity contribution in [3.05, 3.63) is 29.3 Å². The smallest absolute Gasteiger partial charge is 0.310 e. The van der Waals surface area contributed by atoms with Gasteiger partial charge in [-0.3, -0.25) is 4.79 Å². The lowest BCUT2D eigenvalue weighted by molar-refractivity contribution is -0.145. The first-order valence-corrected chi connectivity index (χ1v) is 6.52. The standard InChI is InChI=1S/C15H21NO2/c1-11-6-7-14(12(2)9-11)16-8-4-5-13(10-16)15(17)18-3/h6-7,9,13H,4-5,8,10H2,1-3H3. The fourth-order valence-electron chi connectivity index (χ4n) is 2.72. The number of hydrogen-bond acceptors (Lipinski definition) is 3. The molecular formula is C15H21NO2. The molecule has 1 aliphatic rings. The first kappa shape index (κ1) is 12.9. The molecule has 0 amide bonds. The molecule has 1 aliphatic heterocycles. The lowest BCUT2D eigenvalue weighted by Gasteiger charge is -2.34. The van der Waals surface area contributed by atoms with Crippen LogP contribution in [0.25, 0.3) is 0 Å². The third-order valence-electron chi connectivity index (χ3n) is 3.65. The largest absolute Gasteiger partial charge is 0.469 e. The highest BCUT2D eigenvalue weighted by Gasteiger charge is 2.27. The summed E-state index contributed by atoms with van der Waals surface area (Å²) in [6.07, 6.45) is 1.99. The zero-order chi connectivity index (χ0) is 13.1. The van der Waals surface area contributed by atoms with Gasteiger partial charge in [-0.05, 0) is 38.3 Å². The molecule has 0 spiro atoms. The van der Waals surface area contributed by atoms with E-state index < -0.39 is 0 Å². The van der Waals surface area contributed by atoms with Crippen LogP contribution in [0.2, 0.25) is 0 Å². The first-order valence-electron chi connectivity index (χ1n) is 6.52. The van der Waals surface area contributed by atoms with Crippen molar-refractivity contribution in [2.24, 2.45) is 5.92 Å². The predicted octanol–water partition coefficient (Wildman–Crippen LogP) is 2.69. The quantitative estimate of drug-likeness (QED) is 0.753. The number of hydrogen-bond donors (Lipinski definition) is 0. The van der Waals surface area contributed by atoms with Crippen molar-refractivity contribution in [2.45, 2.75) is 26.7 Å². The van der Waals surface area contributed by atoms with Crippen LogP contribution in [-0.2, 0) is 9.53 Å². The Morgan fingerprint density at radius 1 is 1.39 bits per heavy atom. The van der Waals surface area contributed by atoms with E-state index in [0.29, 0.717) is 0 Å². The summed E-state index contributed by atoms with van der Waals surface area (Å²) in [5, 5.41) is 0. The Bertz CT molecular complexity index is 442. The van der Waals surface area contributed by atoms with E-state index in [-0.39, 0.29) is 11.9 Å². The van der Waals surface area contributed by atoms with E-state index >= 15 is 0 Å². The summed E-state index contributed by atoms with van der Waals surface area (Å²) in [7, 11) is 1.47. The minimum atomic E-state index is -0.0792. The zero-order valence-corrected chi connectivity index (χ0v) is 11.4. The molecule has 0 N–H and O–H groups in total. The number of carbonyl (C=O) groups excluding carboxylic acids is 1. The molecule has 1 unspecified atom stereocenters. The van der Waals surface area contributed by atoms with Gasteiger partial charge in [-0.1, -0.05) is 17.7 Å². The maximum absolute atomic E-state index is 11.6. The molecule has 0 radical (unpaired) electrons. The predicted molar refractivity (Wildman–Crippen MR) is 72.9 cm³/mol. The van der Waals surface area contributed by atoms with E-state index in [0.717, 1.165) is 25.9 Å². The second-order valence-corrected chi connectivity index (χ2v) is 5.10. The fraction of sp³-hybridized carbons (Fsp3) is 0.533. The summed E-state index contributed by atoms with van der Waals surface area (Å²) in [6.45, 7) is 6.03. The summed E-state index contributed by atoms with van der Waals surface area (Å²) >= 11 is 0. The van der Waals surface area contributed by atoms with Crippen LogP contribution in [0.3, 0.4) is 0 Å². The van der Waals surface area contributed by atoms with Gasteiger partial charge in [0.2, 0.25) is 0 Å². The van der Waals surface area contributed by atoms with Gasteiger partial charge in [-0.2, -0.15) is 0 Å². The van der Waals surface area contributed by atoms with Gasteiger partial charge in [-0.15, -0.1) is 0 Å². The molecule has 1 atom stereocenters. The number of piperidine rings is 1. The van der Waals surface area contributed by atoms with Crippen LogP contribution in [-0.4, -0.2) is 26.2 Å². The number of anilines is 1. The minimum Gasteiger partial charge on any atom is -0.469 e. The third kappa shape index (κ3) is 2.66. The van der Waals surface area contributed by atoms with Crippen molar-refractivity contribution in [2.75, 3.05) is 25.1 Å². The summed E-state index contributed by atoms with van der Waals surface area (Å²) in [6, 6.07) is 6.48. The van der Waals surface area contributed by atoms with Gasteiger partial charge in [0.1, 0.15) is 0 Å². The monoisotopic (exact) mass is 247 g/mol. The Labute approximate surface area is 109 Å². The number of aryl methyl sites for hydroxylation is 2. The lowest BCUT2D eigenvalue weighted by Crippen LogP contribution is -2.39. The van der Waals surface area contributed by atoms with E-state index in [4.69, 9.17) is 4.74 Å². The van der Waals surface area contributed by atoms with Crippen molar-refractivity contribution < 1.29 is 9.53 Å².